The van der Waals surface area contributed by atoms with Gasteiger partial charge in [-0.25, -0.2) is 0 Å². The molecule has 0 saturated carbocycles. The summed E-state index contributed by atoms with van der Waals surface area (Å²) in [6.07, 6.45) is 2.57. The Balaban J connectivity index is 0.000000539. The van der Waals surface area contributed by atoms with Crippen molar-refractivity contribution in [1.29, 1.82) is 0 Å². The van der Waals surface area contributed by atoms with Crippen LogP contribution in [0.15, 0.2) is 60.7 Å². The number of carbonyl (C=O) groups is 2. The fourth-order valence-corrected chi connectivity index (χ4v) is 2.37. The van der Waals surface area contributed by atoms with Crippen molar-refractivity contribution in [3.05, 3.63) is 71.8 Å². The first kappa shape index (κ1) is 28.5. The zero-order chi connectivity index (χ0) is 23.2. The maximum absolute atomic E-state index is 10.8. The molecule has 0 radical (unpaired) electrons. The van der Waals surface area contributed by atoms with Gasteiger partial charge in [0.25, 0.3) is 0 Å². The summed E-state index contributed by atoms with van der Waals surface area (Å²) in [5.74, 6) is 0.0478. The van der Waals surface area contributed by atoms with Crippen molar-refractivity contribution in [1.82, 2.24) is 0 Å². The first-order valence-corrected chi connectivity index (χ1v) is 10.9. The number of Topliss-reactive ketones (excluding diaryl/α,β-unsaturated/α-hetero) is 1. The largest absolute Gasteiger partial charge is 0.469 e. The van der Waals surface area contributed by atoms with E-state index in [0.29, 0.717) is 45.7 Å². The molecule has 0 fully saturated rings. The van der Waals surface area contributed by atoms with Crippen LogP contribution in [0.5, 0.6) is 0 Å². The average molecular weight is 431 g/mol. The predicted octanol–water partition coefficient (Wildman–Crippen LogP) is 5.76. The van der Waals surface area contributed by atoms with Gasteiger partial charge in [0, 0.05) is 26.1 Å². The average Bonchev–Trinajstić information content (AvgIpc) is 2.81. The van der Waals surface area contributed by atoms with Crippen LogP contribution >= 0.6 is 0 Å². The minimum Gasteiger partial charge on any atom is -0.469 e. The van der Waals surface area contributed by atoms with Gasteiger partial charge in [-0.3, -0.25) is 4.79 Å². The van der Waals surface area contributed by atoms with Crippen molar-refractivity contribution in [2.75, 3.05) is 20.3 Å². The monoisotopic (exact) mass is 430 g/mol. The Morgan fingerprint density at radius 3 is 1.52 bits per heavy atom. The third-order valence-corrected chi connectivity index (χ3v) is 3.94. The van der Waals surface area contributed by atoms with Crippen molar-refractivity contribution in [3.63, 3.8) is 0 Å². The highest BCUT2D eigenvalue weighted by molar-refractivity contribution is 5.75. The van der Waals surface area contributed by atoms with Crippen molar-refractivity contribution in [2.24, 2.45) is 0 Å². The van der Waals surface area contributed by atoms with E-state index in [2.05, 4.69) is 4.74 Å². The topological polar surface area (TPSA) is 61.8 Å². The van der Waals surface area contributed by atoms with Gasteiger partial charge < -0.3 is 19.0 Å². The molecule has 5 heteroatoms. The van der Waals surface area contributed by atoms with Crippen LogP contribution in [0.2, 0.25) is 0 Å². The lowest BCUT2D eigenvalue weighted by Gasteiger charge is -2.03. The minimum absolute atomic E-state index is 0.182. The Morgan fingerprint density at radius 1 is 0.710 bits per heavy atom. The van der Waals surface area contributed by atoms with Gasteiger partial charge in [0.05, 0.1) is 20.3 Å². The summed E-state index contributed by atoms with van der Waals surface area (Å²) in [7, 11) is 1.40. The number of hydrogen-bond acceptors (Lipinski definition) is 5. The highest BCUT2D eigenvalue weighted by Gasteiger charge is 1.99. The third-order valence-electron chi connectivity index (χ3n) is 3.94. The van der Waals surface area contributed by atoms with Crippen LogP contribution in [0.1, 0.15) is 57.6 Å². The third kappa shape index (κ3) is 18.0. The molecule has 5 nitrogen and oxygen atoms in total. The lowest BCUT2D eigenvalue weighted by molar-refractivity contribution is -0.141. The Hall–Kier alpha value is -2.50. The van der Waals surface area contributed by atoms with Gasteiger partial charge in [0.15, 0.2) is 0 Å². The van der Waals surface area contributed by atoms with E-state index in [-0.39, 0.29) is 11.8 Å². The fraction of sp³-hybridized carbons (Fsp3) is 0.462. The molecule has 2 rings (SSSR count). The fourth-order valence-electron chi connectivity index (χ4n) is 2.37. The lowest BCUT2D eigenvalue weighted by atomic mass is 10.2. The summed E-state index contributed by atoms with van der Waals surface area (Å²) in [4.78, 5) is 21.4. The molecule has 172 valence electrons. The number of methoxy groups -OCH3 is 1. The summed E-state index contributed by atoms with van der Waals surface area (Å²) in [5, 5.41) is 0. The van der Waals surface area contributed by atoms with Gasteiger partial charge in [0.2, 0.25) is 0 Å². The Labute approximate surface area is 187 Å². The molecule has 0 aliphatic rings. The second kappa shape index (κ2) is 20.8. The maximum atomic E-state index is 10.8. The number of hydrogen-bond donors (Lipinski definition) is 0. The standard InChI is InChI=1S/C12H16O3.C12H16O2.C2H6/c1-14-12(13)8-5-9-15-10-11-6-3-2-4-7-11;1-11(13)6-5-9-14-10-12-7-3-2-4-8-12;1-2/h2-4,6-7H,5,8-10H2,1H3;2-4,7-8H,5-6,9-10H2,1H3;1-2H3. The molecule has 0 aliphatic heterocycles. The highest BCUT2D eigenvalue weighted by atomic mass is 16.5. The van der Waals surface area contributed by atoms with Crippen LogP contribution in [0.4, 0.5) is 0 Å². The SMILES string of the molecule is CC.CC(=O)CCCOCc1ccccc1.COC(=O)CCCOCc1ccccc1. The van der Waals surface area contributed by atoms with Gasteiger partial charge in [-0.1, -0.05) is 74.5 Å². The van der Waals surface area contributed by atoms with Crippen LogP contribution in [0.25, 0.3) is 0 Å². The molecule has 0 aromatic heterocycles. The minimum atomic E-state index is -0.182. The summed E-state index contributed by atoms with van der Waals surface area (Å²) >= 11 is 0. The normalized spacial score (nSPS) is 9.55. The van der Waals surface area contributed by atoms with Crippen LogP contribution in [0, 0.1) is 0 Å². The number of esters is 1. The molecule has 0 spiro atoms. The number of ketones is 1. The van der Waals surface area contributed by atoms with E-state index < -0.39 is 0 Å². The zero-order valence-electron chi connectivity index (χ0n) is 19.5. The molecule has 2 aromatic carbocycles. The predicted molar refractivity (Wildman–Crippen MR) is 125 cm³/mol. The Kier molecular flexibility index (Phi) is 19.1. The maximum Gasteiger partial charge on any atom is 0.305 e. The van der Waals surface area contributed by atoms with Gasteiger partial charge in [0.1, 0.15) is 5.78 Å². The highest BCUT2D eigenvalue weighted by Crippen LogP contribution is 2.02. The molecule has 0 heterocycles. The number of benzene rings is 2. The van der Waals surface area contributed by atoms with Crippen molar-refractivity contribution >= 4 is 11.8 Å². The second-order valence-electron chi connectivity index (χ2n) is 6.56. The number of ether oxygens (including phenoxy) is 3. The second-order valence-corrected chi connectivity index (χ2v) is 6.56. The molecule has 31 heavy (non-hydrogen) atoms. The van der Waals surface area contributed by atoms with E-state index >= 15 is 0 Å². The summed E-state index contributed by atoms with van der Waals surface area (Å²) in [5.41, 5.74) is 2.32. The molecule has 0 amide bonds. The van der Waals surface area contributed by atoms with Crippen molar-refractivity contribution in [2.45, 2.75) is 59.7 Å². The number of carbonyl (C=O) groups excluding carboxylic acids is 2. The van der Waals surface area contributed by atoms with Gasteiger partial charge in [-0.2, -0.15) is 0 Å². The van der Waals surface area contributed by atoms with E-state index in [0.717, 1.165) is 12.0 Å². The van der Waals surface area contributed by atoms with Gasteiger partial charge in [-0.15, -0.1) is 0 Å². The number of rotatable bonds is 12. The van der Waals surface area contributed by atoms with Gasteiger partial charge in [-0.05, 0) is 30.9 Å². The zero-order valence-corrected chi connectivity index (χ0v) is 19.5. The van der Waals surface area contributed by atoms with E-state index in [4.69, 9.17) is 9.47 Å². The molecule has 0 saturated heterocycles. The molecular formula is C26H38O5. The van der Waals surface area contributed by atoms with E-state index in [1.165, 1.54) is 12.7 Å². The molecular weight excluding hydrogens is 392 g/mol. The molecule has 0 N–H and O–H groups in total. The first-order chi connectivity index (χ1) is 15.1. The smallest absolute Gasteiger partial charge is 0.305 e. The van der Waals surface area contributed by atoms with E-state index in [1.54, 1.807) is 6.92 Å². The van der Waals surface area contributed by atoms with Crippen LogP contribution in [-0.2, 0) is 37.0 Å². The summed E-state index contributed by atoms with van der Waals surface area (Å²) in [6, 6.07) is 20.0. The molecule has 0 aliphatic carbocycles. The van der Waals surface area contributed by atoms with Crippen LogP contribution in [0.3, 0.4) is 0 Å². The first-order valence-electron chi connectivity index (χ1n) is 10.9. The van der Waals surface area contributed by atoms with Crippen molar-refractivity contribution < 1.29 is 23.8 Å². The van der Waals surface area contributed by atoms with Crippen LogP contribution < -0.4 is 0 Å². The van der Waals surface area contributed by atoms with E-state index in [9.17, 15) is 9.59 Å². The Bertz CT molecular complexity index is 671. The molecule has 0 bridgehead atoms. The molecule has 0 atom stereocenters. The Morgan fingerprint density at radius 2 is 1.13 bits per heavy atom. The quantitative estimate of drug-likeness (QED) is 0.317. The summed E-state index contributed by atoms with van der Waals surface area (Å²) in [6.45, 7) is 8.09. The summed E-state index contributed by atoms with van der Waals surface area (Å²) < 4.78 is 15.3. The van der Waals surface area contributed by atoms with Crippen molar-refractivity contribution in [3.8, 4) is 0 Å². The lowest BCUT2D eigenvalue weighted by Crippen LogP contribution is -2.03. The van der Waals surface area contributed by atoms with Gasteiger partial charge >= 0.3 is 5.97 Å². The van der Waals surface area contributed by atoms with E-state index in [1.807, 2.05) is 74.5 Å². The molecule has 2 aromatic rings. The van der Waals surface area contributed by atoms with Crippen LogP contribution in [-0.4, -0.2) is 32.1 Å². The molecule has 0 unspecified atom stereocenters.